The number of allylic oxidation sites excluding steroid dienone is 4. The Morgan fingerprint density at radius 3 is 2.77 bits per heavy atom. The second-order valence-corrected chi connectivity index (χ2v) is 10.9. The first-order valence-corrected chi connectivity index (χ1v) is 13.4. The maximum atomic E-state index is 12.7. The van der Waals surface area contributed by atoms with Gasteiger partial charge in [-0.3, -0.25) is 9.89 Å². The lowest BCUT2D eigenvalue weighted by molar-refractivity contribution is -0.145. The summed E-state index contributed by atoms with van der Waals surface area (Å²) < 4.78 is 11.8. The minimum Gasteiger partial charge on any atom is -0.488 e. The van der Waals surface area contributed by atoms with Crippen LogP contribution in [0.25, 0.3) is 10.9 Å². The van der Waals surface area contributed by atoms with Gasteiger partial charge in [-0.2, -0.15) is 0 Å². The van der Waals surface area contributed by atoms with Crippen LogP contribution in [-0.2, 0) is 9.53 Å². The molecule has 1 fully saturated rings. The molecule has 1 aromatic carbocycles. The number of rotatable bonds is 4. The lowest BCUT2D eigenvalue weighted by Gasteiger charge is -2.37. The van der Waals surface area contributed by atoms with Crippen LogP contribution in [0, 0.1) is 0 Å². The number of aliphatic imine (C=N–C) groups is 1. The largest absolute Gasteiger partial charge is 0.488 e. The van der Waals surface area contributed by atoms with Gasteiger partial charge in [0, 0.05) is 43.2 Å². The van der Waals surface area contributed by atoms with Gasteiger partial charge in [-0.15, -0.1) is 0 Å². The highest BCUT2D eigenvalue weighted by atomic mass is 16.6. The molecule has 2 aromatic rings. The van der Waals surface area contributed by atoms with Crippen molar-refractivity contribution in [2.75, 3.05) is 13.1 Å². The number of amides is 1. The van der Waals surface area contributed by atoms with Gasteiger partial charge < -0.3 is 19.5 Å². The molecule has 3 aliphatic rings. The maximum absolute atomic E-state index is 12.7. The first-order chi connectivity index (χ1) is 18.7. The molecule has 1 amide bonds. The molecule has 1 saturated heterocycles. The molecular weight excluding hydrogens is 496 g/mol. The number of benzene rings is 1. The van der Waals surface area contributed by atoms with E-state index >= 15 is 0 Å². The van der Waals surface area contributed by atoms with Crippen LogP contribution in [0.1, 0.15) is 52.1 Å². The van der Waals surface area contributed by atoms with Crippen molar-refractivity contribution in [3.05, 3.63) is 72.2 Å². The van der Waals surface area contributed by atoms with Crippen LogP contribution >= 0.6 is 0 Å². The van der Waals surface area contributed by atoms with Crippen LogP contribution in [0.3, 0.4) is 0 Å². The lowest BCUT2D eigenvalue weighted by Crippen LogP contribution is -2.53. The number of para-hydroxylation sites is 1. The quantitative estimate of drug-likeness (QED) is 0.574. The van der Waals surface area contributed by atoms with E-state index in [0.29, 0.717) is 24.2 Å². The van der Waals surface area contributed by atoms with E-state index < -0.39 is 29.8 Å². The Hall–Kier alpha value is -4.14. The third kappa shape index (κ3) is 5.97. The predicted molar refractivity (Wildman–Crippen MR) is 149 cm³/mol. The van der Waals surface area contributed by atoms with Crippen molar-refractivity contribution in [1.29, 1.82) is 0 Å². The van der Waals surface area contributed by atoms with Crippen molar-refractivity contribution in [2.24, 2.45) is 4.99 Å². The molecule has 0 aliphatic carbocycles. The average Bonchev–Trinajstić information content (AvgIpc) is 2.88. The Kier molecular flexibility index (Phi) is 7.41. The van der Waals surface area contributed by atoms with Crippen LogP contribution in [0.2, 0.25) is 0 Å². The topological polar surface area (TPSA) is 105 Å². The van der Waals surface area contributed by atoms with Gasteiger partial charge in [-0.1, -0.05) is 30.4 Å². The average molecular weight is 531 g/mol. The molecule has 204 valence electrons. The van der Waals surface area contributed by atoms with Gasteiger partial charge in [-0.05, 0) is 57.9 Å². The third-order valence-corrected chi connectivity index (χ3v) is 6.77. The summed E-state index contributed by atoms with van der Waals surface area (Å²) in [5.74, 6) is 0.266. The van der Waals surface area contributed by atoms with E-state index in [-0.39, 0.29) is 13.0 Å². The minimum atomic E-state index is -1.08. The second-order valence-electron chi connectivity index (χ2n) is 10.9. The highest BCUT2D eigenvalue weighted by molar-refractivity contribution is 6.01. The number of aliphatic carboxylic acids is 1. The third-order valence-electron chi connectivity index (χ3n) is 6.77. The number of amidine groups is 1. The SMILES string of the molecule is CC(C)(C)OC(=O)N1CCC(Oc2cccc3ccc(C4=NCCCC=C5C=CC=CN54)nc23)CC1C(=O)O. The van der Waals surface area contributed by atoms with E-state index in [1.807, 2.05) is 48.7 Å². The van der Waals surface area contributed by atoms with Crippen molar-refractivity contribution < 1.29 is 24.2 Å². The molecule has 2 unspecified atom stereocenters. The van der Waals surface area contributed by atoms with Crippen LogP contribution in [0.15, 0.2) is 71.5 Å². The predicted octanol–water partition coefficient (Wildman–Crippen LogP) is 5.28. The zero-order chi connectivity index (χ0) is 27.6. The number of pyridine rings is 1. The Morgan fingerprint density at radius 1 is 1.13 bits per heavy atom. The van der Waals surface area contributed by atoms with Crippen molar-refractivity contribution in [3.63, 3.8) is 0 Å². The number of carbonyl (C=O) groups is 2. The van der Waals surface area contributed by atoms with Gasteiger partial charge in [0.05, 0.1) is 0 Å². The minimum absolute atomic E-state index is 0.149. The number of carboxylic acid groups (broad SMARTS) is 1. The number of hydrogen-bond donors (Lipinski definition) is 1. The van der Waals surface area contributed by atoms with Crippen molar-refractivity contribution in [3.8, 4) is 5.75 Å². The molecular formula is C30H34N4O5. The number of carbonyl (C=O) groups excluding carboxylic acids is 1. The summed E-state index contributed by atoms with van der Waals surface area (Å²) in [5, 5.41) is 10.8. The molecule has 0 spiro atoms. The summed E-state index contributed by atoms with van der Waals surface area (Å²) in [4.78, 5) is 37.9. The van der Waals surface area contributed by atoms with Crippen LogP contribution in [0.5, 0.6) is 5.75 Å². The number of hydrogen-bond acceptors (Lipinski definition) is 7. The fraction of sp³-hybridized carbons (Fsp3) is 0.400. The lowest BCUT2D eigenvalue weighted by atomic mass is 9.99. The number of likely N-dealkylation sites (tertiary alicyclic amines) is 1. The monoisotopic (exact) mass is 530 g/mol. The first-order valence-electron chi connectivity index (χ1n) is 13.4. The molecule has 0 bridgehead atoms. The number of fused-ring (bicyclic) bond motifs is 2. The van der Waals surface area contributed by atoms with Gasteiger partial charge in [0.1, 0.15) is 34.7 Å². The first kappa shape index (κ1) is 26.5. The van der Waals surface area contributed by atoms with Gasteiger partial charge in [0.25, 0.3) is 0 Å². The smallest absolute Gasteiger partial charge is 0.411 e. The zero-order valence-corrected chi connectivity index (χ0v) is 22.5. The highest BCUT2D eigenvalue weighted by Crippen LogP contribution is 2.30. The summed E-state index contributed by atoms with van der Waals surface area (Å²) >= 11 is 0. The molecule has 0 radical (unpaired) electrons. The molecule has 1 aromatic heterocycles. The Balaban J connectivity index is 1.40. The summed E-state index contributed by atoms with van der Waals surface area (Å²) in [7, 11) is 0. The summed E-state index contributed by atoms with van der Waals surface area (Å²) in [6.07, 6.45) is 11.8. The Morgan fingerprint density at radius 2 is 1.97 bits per heavy atom. The Bertz CT molecular complexity index is 1390. The maximum Gasteiger partial charge on any atom is 0.411 e. The number of nitrogens with zero attached hydrogens (tertiary/aromatic N) is 4. The normalized spacial score (nSPS) is 21.4. The Labute approximate surface area is 228 Å². The van der Waals surface area contributed by atoms with Gasteiger partial charge in [0.2, 0.25) is 0 Å². The molecule has 2 atom stereocenters. The summed E-state index contributed by atoms with van der Waals surface area (Å²) in [5.41, 5.74) is 1.77. The van der Waals surface area contributed by atoms with E-state index in [9.17, 15) is 14.7 Å². The molecule has 5 rings (SSSR count). The zero-order valence-electron chi connectivity index (χ0n) is 22.5. The highest BCUT2D eigenvalue weighted by Gasteiger charge is 2.39. The molecule has 0 saturated carbocycles. The van der Waals surface area contributed by atoms with Gasteiger partial charge in [0.15, 0.2) is 5.84 Å². The van der Waals surface area contributed by atoms with Crippen molar-refractivity contribution >= 4 is 28.8 Å². The number of carboxylic acids is 1. The number of ether oxygens (including phenoxy) is 2. The van der Waals surface area contributed by atoms with Gasteiger partial charge >= 0.3 is 12.1 Å². The van der Waals surface area contributed by atoms with Crippen LogP contribution in [-0.4, -0.2) is 68.6 Å². The molecule has 4 heterocycles. The standard InChI is InChI=1S/C30H34N4O5/c1-30(2,3)39-29(37)34-18-15-22(19-24(34)28(35)36)38-25-12-8-9-20-13-14-23(32-26(20)25)27-31-16-6-4-10-21-11-5-7-17-33(21)27/h5,7-14,17,22,24H,4,6,15-16,18-19H2,1-3H3,(H,35,36). The summed E-state index contributed by atoms with van der Waals surface area (Å²) in [6.45, 7) is 6.21. The van der Waals surface area contributed by atoms with Crippen LogP contribution in [0.4, 0.5) is 4.79 Å². The van der Waals surface area contributed by atoms with Crippen molar-refractivity contribution in [2.45, 2.75) is 64.2 Å². The molecule has 39 heavy (non-hydrogen) atoms. The summed E-state index contributed by atoms with van der Waals surface area (Å²) in [6, 6.07) is 8.66. The number of aromatic nitrogens is 1. The fourth-order valence-electron chi connectivity index (χ4n) is 4.95. The van der Waals surface area contributed by atoms with Gasteiger partial charge in [-0.25, -0.2) is 14.6 Å². The molecule has 1 N–H and O–H groups in total. The second kappa shape index (κ2) is 10.9. The fourth-order valence-corrected chi connectivity index (χ4v) is 4.95. The number of piperidine rings is 1. The molecule has 9 heteroatoms. The van der Waals surface area contributed by atoms with Crippen molar-refractivity contribution in [1.82, 2.24) is 14.8 Å². The van der Waals surface area contributed by atoms with Crippen LogP contribution < -0.4 is 4.74 Å². The van der Waals surface area contributed by atoms with E-state index in [4.69, 9.17) is 19.5 Å². The van der Waals surface area contributed by atoms with E-state index in [1.54, 1.807) is 20.8 Å². The van der Waals surface area contributed by atoms with E-state index in [0.717, 1.165) is 35.5 Å². The van der Waals surface area contributed by atoms with E-state index in [2.05, 4.69) is 17.1 Å². The van der Waals surface area contributed by atoms with E-state index in [1.165, 1.54) is 4.90 Å². The molecule has 9 nitrogen and oxygen atoms in total. The molecule has 3 aliphatic heterocycles.